The van der Waals surface area contributed by atoms with E-state index < -0.39 is 16.1 Å². The minimum Gasteiger partial charge on any atom is -0.497 e. The summed E-state index contributed by atoms with van der Waals surface area (Å²) < 4.78 is 33.2. The predicted octanol–water partition coefficient (Wildman–Crippen LogP) is 4.08. The molecule has 8 nitrogen and oxygen atoms in total. The Bertz CT molecular complexity index is 1400. The molecule has 9 heteroatoms. The number of hydrogen-bond donors (Lipinski definition) is 1. The first kappa shape index (κ1) is 26.5. The van der Waals surface area contributed by atoms with Gasteiger partial charge in [-0.1, -0.05) is 43.3 Å². The number of amides is 2. The number of methoxy groups -OCH3 is 1. The number of anilines is 1. The SMILES string of the molecule is CCNC(=O)[C@H](CC)N(Cc1cccc(OC)c1)C(=O)CCCN1c2cccc3cccc(c23)S1(=O)=O. The Morgan fingerprint density at radius 2 is 1.78 bits per heavy atom. The summed E-state index contributed by atoms with van der Waals surface area (Å²) in [6, 6.07) is 17.6. The molecule has 4 rings (SSSR count). The average Bonchev–Trinajstić information content (AvgIpc) is 3.12. The Hall–Kier alpha value is -3.59. The van der Waals surface area contributed by atoms with Crippen LogP contribution < -0.4 is 14.4 Å². The molecule has 0 bridgehead atoms. The quantitative estimate of drug-likeness (QED) is 0.409. The minimum atomic E-state index is -3.68. The van der Waals surface area contributed by atoms with Crippen molar-refractivity contribution in [2.24, 2.45) is 0 Å². The highest BCUT2D eigenvalue weighted by Gasteiger charge is 2.35. The lowest BCUT2D eigenvalue weighted by Gasteiger charge is -2.31. The molecule has 1 N–H and O–H groups in total. The standard InChI is InChI=1S/C28H33N3O5S/c1-4-23(28(33)29-5-2)30(19-20-10-6-13-22(18-20)36-3)26(32)16-9-17-31-24-14-7-11-21-12-8-15-25(27(21)24)37(31,34)35/h6-8,10-15,18,23H,4-5,9,16-17,19H2,1-3H3,(H,29,33)/t23-/m0/s1. The predicted molar refractivity (Wildman–Crippen MR) is 144 cm³/mol. The highest BCUT2D eigenvalue weighted by molar-refractivity contribution is 7.93. The first-order chi connectivity index (χ1) is 17.8. The normalized spacial score (nSPS) is 14.4. The molecule has 0 saturated heterocycles. The lowest BCUT2D eigenvalue weighted by atomic mass is 10.1. The Labute approximate surface area is 218 Å². The number of carbonyl (C=O) groups is 2. The van der Waals surface area contributed by atoms with Crippen molar-refractivity contribution in [2.45, 2.75) is 50.6 Å². The van der Waals surface area contributed by atoms with Gasteiger partial charge in [0.2, 0.25) is 11.8 Å². The third-order valence-corrected chi connectivity index (χ3v) is 8.51. The first-order valence-electron chi connectivity index (χ1n) is 12.6. The molecule has 0 spiro atoms. The highest BCUT2D eigenvalue weighted by atomic mass is 32.2. The van der Waals surface area contributed by atoms with Gasteiger partial charge in [0, 0.05) is 31.4 Å². The molecule has 196 valence electrons. The summed E-state index contributed by atoms with van der Waals surface area (Å²) in [4.78, 5) is 28.2. The number of ether oxygens (including phenoxy) is 1. The van der Waals surface area contributed by atoms with Gasteiger partial charge in [0.05, 0.1) is 17.7 Å². The molecule has 0 fully saturated rings. The molecule has 0 unspecified atom stereocenters. The van der Waals surface area contributed by atoms with E-state index in [4.69, 9.17) is 4.74 Å². The van der Waals surface area contributed by atoms with E-state index in [0.29, 0.717) is 35.7 Å². The summed E-state index contributed by atoms with van der Waals surface area (Å²) in [7, 11) is -2.10. The number of rotatable bonds is 11. The largest absolute Gasteiger partial charge is 0.497 e. The Balaban J connectivity index is 1.52. The molecular weight excluding hydrogens is 490 g/mol. The molecular formula is C28H33N3O5S. The van der Waals surface area contributed by atoms with E-state index in [-0.39, 0.29) is 31.3 Å². The van der Waals surface area contributed by atoms with Crippen LogP contribution in [-0.2, 0) is 26.2 Å². The van der Waals surface area contributed by atoms with Crippen LogP contribution in [0.1, 0.15) is 38.7 Å². The number of nitrogens with zero attached hydrogens (tertiary/aromatic N) is 2. The zero-order valence-electron chi connectivity index (χ0n) is 21.4. The molecule has 2 amide bonds. The fourth-order valence-corrected chi connectivity index (χ4v) is 6.64. The van der Waals surface area contributed by atoms with Gasteiger partial charge in [0.15, 0.2) is 0 Å². The Kier molecular flexibility index (Phi) is 8.02. The van der Waals surface area contributed by atoms with Gasteiger partial charge in [-0.25, -0.2) is 8.42 Å². The van der Waals surface area contributed by atoms with Crippen LogP contribution in [0.5, 0.6) is 5.75 Å². The smallest absolute Gasteiger partial charge is 0.265 e. The zero-order valence-corrected chi connectivity index (χ0v) is 22.3. The van der Waals surface area contributed by atoms with Gasteiger partial charge in [-0.3, -0.25) is 13.9 Å². The van der Waals surface area contributed by atoms with E-state index in [1.807, 2.05) is 56.3 Å². The van der Waals surface area contributed by atoms with Gasteiger partial charge in [-0.15, -0.1) is 0 Å². The van der Waals surface area contributed by atoms with E-state index in [0.717, 1.165) is 16.3 Å². The van der Waals surface area contributed by atoms with E-state index in [9.17, 15) is 18.0 Å². The van der Waals surface area contributed by atoms with Gasteiger partial charge in [-0.05, 0) is 55.0 Å². The van der Waals surface area contributed by atoms with Crippen molar-refractivity contribution in [3.05, 3.63) is 66.2 Å². The van der Waals surface area contributed by atoms with Crippen LogP contribution in [-0.4, -0.2) is 51.4 Å². The van der Waals surface area contributed by atoms with Gasteiger partial charge in [-0.2, -0.15) is 0 Å². The zero-order chi connectivity index (χ0) is 26.6. The van der Waals surface area contributed by atoms with E-state index >= 15 is 0 Å². The summed E-state index contributed by atoms with van der Waals surface area (Å²) in [6.07, 6.45) is 0.889. The van der Waals surface area contributed by atoms with Crippen LogP contribution in [0.2, 0.25) is 0 Å². The topological polar surface area (TPSA) is 96.0 Å². The lowest BCUT2D eigenvalue weighted by molar-refractivity contribution is -0.141. The molecule has 1 atom stereocenters. The van der Waals surface area contributed by atoms with Crippen LogP contribution in [0.3, 0.4) is 0 Å². The van der Waals surface area contributed by atoms with Gasteiger partial charge < -0.3 is 15.0 Å². The molecule has 1 heterocycles. The third-order valence-electron chi connectivity index (χ3n) is 6.66. The third kappa shape index (κ3) is 5.27. The van der Waals surface area contributed by atoms with E-state index in [2.05, 4.69) is 5.32 Å². The van der Waals surface area contributed by atoms with Crippen molar-refractivity contribution in [3.63, 3.8) is 0 Å². The molecule has 1 aliphatic heterocycles. The molecule has 0 radical (unpaired) electrons. The molecule has 37 heavy (non-hydrogen) atoms. The number of hydrogen-bond acceptors (Lipinski definition) is 5. The highest BCUT2D eigenvalue weighted by Crippen LogP contribution is 2.42. The van der Waals surface area contributed by atoms with Crippen molar-refractivity contribution in [1.29, 1.82) is 0 Å². The van der Waals surface area contributed by atoms with E-state index in [1.54, 1.807) is 30.2 Å². The van der Waals surface area contributed by atoms with Crippen LogP contribution in [0.4, 0.5) is 5.69 Å². The van der Waals surface area contributed by atoms with Crippen molar-refractivity contribution < 1.29 is 22.7 Å². The molecule has 0 aliphatic carbocycles. The average molecular weight is 524 g/mol. The Morgan fingerprint density at radius 3 is 2.49 bits per heavy atom. The van der Waals surface area contributed by atoms with E-state index in [1.165, 1.54) is 4.31 Å². The maximum Gasteiger partial charge on any atom is 0.265 e. The maximum atomic E-state index is 13.5. The monoisotopic (exact) mass is 523 g/mol. The first-order valence-corrected chi connectivity index (χ1v) is 14.0. The number of benzene rings is 3. The molecule has 0 saturated carbocycles. The molecule has 1 aliphatic rings. The second-order valence-electron chi connectivity index (χ2n) is 9.00. The summed E-state index contributed by atoms with van der Waals surface area (Å²) in [5, 5.41) is 4.42. The van der Waals surface area contributed by atoms with Crippen LogP contribution in [0.15, 0.2) is 65.6 Å². The number of likely N-dealkylation sites (N-methyl/N-ethyl adjacent to an activating group) is 1. The second-order valence-corrected chi connectivity index (χ2v) is 10.8. The molecule has 3 aromatic carbocycles. The van der Waals surface area contributed by atoms with Crippen LogP contribution in [0, 0.1) is 0 Å². The van der Waals surface area contributed by atoms with Gasteiger partial charge in [0.25, 0.3) is 10.0 Å². The summed E-state index contributed by atoms with van der Waals surface area (Å²) >= 11 is 0. The van der Waals surface area contributed by atoms with Crippen molar-refractivity contribution in [1.82, 2.24) is 10.2 Å². The van der Waals surface area contributed by atoms with Crippen LogP contribution >= 0.6 is 0 Å². The number of nitrogens with one attached hydrogen (secondary N) is 1. The minimum absolute atomic E-state index is 0.109. The maximum absolute atomic E-state index is 13.5. The fourth-order valence-electron chi connectivity index (χ4n) is 4.90. The second kappa shape index (κ2) is 11.2. The fraction of sp³-hybridized carbons (Fsp3) is 0.357. The van der Waals surface area contributed by atoms with Gasteiger partial charge >= 0.3 is 0 Å². The van der Waals surface area contributed by atoms with Crippen molar-refractivity contribution in [2.75, 3.05) is 24.5 Å². The number of carbonyl (C=O) groups excluding carboxylic acids is 2. The summed E-state index contributed by atoms with van der Waals surface area (Å²) in [5.74, 6) is 0.266. The van der Waals surface area contributed by atoms with Crippen LogP contribution in [0.25, 0.3) is 10.8 Å². The lowest BCUT2D eigenvalue weighted by Crippen LogP contribution is -2.49. The molecule has 0 aromatic heterocycles. The van der Waals surface area contributed by atoms with Gasteiger partial charge in [0.1, 0.15) is 11.8 Å². The summed E-state index contributed by atoms with van der Waals surface area (Å²) in [6.45, 7) is 4.61. The van der Waals surface area contributed by atoms with Crippen molar-refractivity contribution in [3.8, 4) is 5.75 Å². The summed E-state index contributed by atoms with van der Waals surface area (Å²) in [5.41, 5.74) is 1.49. The van der Waals surface area contributed by atoms with Crippen molar-refractivity contribution >= 4 is 38.3 Å². The Morgan fingerprint density at radius 1 is 1.05 bits per heavy atom. The number of sulfonamides is 1. The molecule has 3 aromatic rings.